The first-order chi connectivity index (χ1) is 24.0. The van der Waals surface area contributed by atoms with Gasteiger partial charge in [0.1, 0.15) is 23.5 Å². The number of carbonyl (C=O) groups is 4. The number of benzene rings is 2. The summed E-state index contributed by atoms with van der Waals surface area (Å²) in [5.74, 6) is 0.117. The van der Waals surface area contributed by atoms with Crippen molar-refractivity contribution in [2.24, 2.45) is 0 Å². The number of nitrogens with zero attached hydrogens (tertiary/aromatic N) is 4. The summed E-state index contributed by atoms with van der Waals surface area (Å²) >= 11 is 1.75. The Morgan fingerprint density at radius 1 is 0.940 bits per heavy atom. The molecule has 13 heteroatoms. The van der Waals surface area contributed by atoms with Crippen LogP contribution in [0.3, 0.4) is 0 Å². The van der Waals surface area contributed by atoms with Crippen LogP contribution in [0, 0.1) is 0 Å². The summed E-state index contributed by atoms with van der Waals surface area (Å²) in [4.78, 5) is 56.9. The van der Waals surface area contributed by atoms with Gasteiger partial charge < -0.3 is 24.6 Å². The van der Waals surface area contributed by atoms with Crippen LogP contribution in [0.1, 0.15) is 75.2 Å². The fraction of sp³-hybridized carbons (Fsp3) is 0.568. The molecule has 0 aromatic heterocycles. The van der Waals surface area contributed by atoms with Gasteiger partial charge in [-0.1, -0.05) is 6.07 Å². The third kappa shape index (κ3) is 8.05. The van der Waals surface area contributed by atoms with Crippen molar-refractivity contribution in [3.63, 3.8) is 0 Å². The Bertz CT molecular complexity index is 1610. The van der Waals surface area contributed by atoms with E-state index in [1.54, 1.807) is 16.8 Å². The molecule has 5 aliphatic rings. The molecule has 2 aromatic rings. The van der Waals surface area contributed by atoms with Crippen LogP contribution in [-0.2, 0) is 20.9 Å². The fourth-order valence-corrected chi connectivity index (χ4v) is 8.60. The second-order valence-corrected chi connectivity index (χ2v) is 16.2. The number of ether oxygens (including phenoxy) is 2. The van der Waals surface area contributed by atoms with Gasteiger partial charge in [-0.2, -0.15) is 0 Å². The monoisotopic (exact) mass is 704 g/mol. The van der Waals surface area contributed by atoms with Gasteiger partial charge in [-0.05, 0) is 107 Å². The van der Waals surface area contributed by atoms with Crippen molar-refractivity contribution >= 4 is 41.5 Å². The van der Waals surface area contributed by atoms with Crippen molar-refractivity contribution in [1.82, 2.24) is 24.7 Å². The Hall–Kier alpha value is -3.81. The van der Waals surface area contributed by atoms with Crippen molar-refractivity contribution in [2.45, 2.75) is 101 Å². The Labute approximate surface area is 298 Å². The maximum Gasteiger partial charge on any atom is 0.407 e. The molecule has 4 fully saturated rings. The molecule has 4 amide bonds. The standard InChI is InChI=1S/C37H48N6O6S/c1-37(2,3)49-36(47)38-25-11-17-42(18-12-25)50-30-6-4-5-28(20-30)48-29-22-41(23-29)26-13-15-40(16-14-26)27-7-8-31-24(19-27)21-43(35(31)46)32-9-10-33(44)39-34(32)45/h4-8,19-20,25-26,29,32H,9-18,21-23H2,1-3H3,(H,38,47)(H,39,44,45). The Kier molecular flexibility index (Phi) is 10.00. The number of amides is 4. The molecule has 0 bridgehead atoms. The molecule has 4 saturated heterocycles. The average Bonchev–Trinajstić information content (AvgIpc) is 3.38. The van der Waals surface area contributed by atoms with Crippen LogP contribution in [0.5, 0.6) is 5.75 Å². The van der Waals surface area contributed by atoms with Gasteiger partial charge in [-0.15, -0.1) is 0 Å². The summed E-state index contributed by atoms with van der Waals surface area (Å²) < 4.78 is 14.1. The molecule has 50 heavy (non-hydrogen) atoms. The van der Waals surface area contributed by atoms with Crippen LogP contribution in [0.2, 0.25) is 0 Å². The highest BCUT2D eigenvalue weighted by Crippen LogP contribution is 2.34. The van der Waals surface area contributed by atoms with Crippen LogP contribution in [0.25, 0.3) is 0 Å². The molecule has 7 rings (SSSR count). The highest BCUT2D eigenvalue weighted by Gasteiger charge is 2.40. The van der Waals surface area contributed by atoms with Gasteiger partial charge in [0.2, 0.25) is 11.8 Å². The Balaban J connectivity index is 0.829. The summed E-state index contributed by atoms with van der Waals surface area (Å²) in [5.41, 5.74) is 2.22. The molecule has 0 radical (unpaired) electrons. The van der Waals surface area contributed by atoms with Crippen LogP contribution >= 0.6 is 11.9 Å². The minimum Gasteiger partial charge on any atom is -0.488 e. The van der Waals surface area contributed by atoms with Gasteiger partial charge in [0.05, 0.1) is 0 Å². The van der Waals surface area contributed by atoms with Crippen LogP contribution in [-0.4, -0.2) is 107 Å². The van der Waals surface area contributed by atoms with Gasteiger partial charge >= 0.3 is 6.09 Å². The first kappa shape index (κ1) is 34.6. The van der Waals surface area contributed by atoms with E-state index in [2.05, 4.69) is 49.0 Å². The number of hydrogen-bond donors (Lipinski definition) is 2. The molecule has 5 aliphatic heterocycles. The van der Waals surface area contributed by atoms with E-state index in [1.165, 1.54) is 0 Å². The van der Waals surface area contributed by atoms with E-state index < -0.39 is 11.6 Å². The number of fused-ring (bicyclic) bond motifs is 1. The summed E-state index contributed by atoms with van der Waals surface area (Å²) in [7, 11) is 0. The summed E-state index contributed by atoms with van der Waals surface area (Å²) in [5, 5.41) is 5.38. The first-order valence-corrected chi connectivity index (χ1v) is 18.7. The van der Waals surface area contributed by atoms with E-state index in [9.17, 15) is 19.2 Å². The summed E-state index contributed by atoms with van der Waals surface area (Å²) in [6.07, 6.45) is 4.39. The molecular formula is C37H48N6O6S. The number of hydrogen-bond acceptors (Lipinski definition) is 10. The molecule has 0 saturated carbocycles. The fourth-order valence-electron chi connectivity index (χ4n) is 7.60. The third-order valence-corrected chi connectivity index (χ3v) is 11.3. The molecular weight excluding hydrogens is 657 g/mol. The number of likely N-dealkylation sites (tertiary alicyclic amines) is 1. The number of piperidine rings is 3. The zero-order valence-corrected chi connectivity index (χ0v) is 30.0. The lowest BCUT2D eigenvalue weighted by molar-refractivity contribution is -0.136. The smallest absolute Gasteiger partial charge is 0.407 e. The first-order valence-electron chi connectivity index (χ1n) is 17.9. The molecule has 268 valence electrons. The SMILES string of the molecule is CC(C)(C)OC(=O)NC1CCN(Sc2cccc(OC3CN(C4CCN(c5ccc6c(c5)CN(C5CCC(=O)NC5=O)C6=O)CC4)C3)c2)CC1. The van der Waals surface area contributed by atoms with Crippen molar-refractivity contribution in [2.75, 3.05) is 44.2 Å². The van der Waals surface area contributed by atoms with Crippen LogP contribution in [0.4, 0.5) is 10.5 Å². The van der Waals surface area contributed by atoms with E-state index in [1.807, 2.05) is 39.0 Å². The van der Waals surface area contributed by atoms with Gasteiger partial charge in [0.15, 0.2) is 0 Å². The maximum absolute atomic E-state index is 13.1. The number of imide groups is 1. The predicted octanol–water partition coefficient (Wildman–Crippen LogP) is 4.18. The van der Waals surface area contributed by atoms with E-state index in [0.717, 1.165) is 86.8 Å². The largest absolute Gasteiger partial charge is 0.488 e. The summed E-state index contributed by atoms with van der Waals surface area (Å²) in [6, 6.07) is 14.4. The number of rotatable bonds is 8. The predicted molar refractivity (Wildman–Crippen MR) is 190 cm³/mol. The topological polar surface area (TPSA) is 124 Å². The Morgan fingerprint density at radius 3 is 2.42 bits per heavy atom. The van der Waals surface area contributed by atoms with Gasteiger partial charge in [0, 0.05) is 80.5 Å². The van der Waals surface area contributed by atoms with E-state index >= 15 is 0 Å². The highest BCUT2D eigenvalue weighted by atomic mass is 32.2. The minimum atomic E-state index is -0.593. The second-order valence-electron chi connectivity index (χ2n) is 15.1. The van der Waals surface area contributed by atoms with E-state index in [-0.39, 0.29) is 42.4 Å². The third-order valence-electron chi connectivity index (χ3n) is 10.2. The molecule has 2 N–H and O–H groups in total. The Morgan fingerprint density at radius 2 is 1.70 bits per heavy atom. The van der Waals surface area contributed by atoms with Crippen LogP contribution < -0.4 is 20.3 Å². The van der Waals surface area contributed by atoms with Crippen molar-refractivity contribution in [3.05, 3.63) is 53.6 Å². The van der Waals surface area contributed by atoms with Gasteiger partial charge in [-0.3, -0.25) is 24.6 Å². The van der Waals surface area contributed by atoms with Crippen molar-refractivity contribution in [3.8, 4) is 5.75 Å². The molecule has 1 unspecified atom stereocenters. The second kappa shape index (κ2) is 14.4. The molecule has 12 nitrogen and oxygen atoms in total. The van der Waals surface area contributed by atoms with Crippen molar-refractivity contribution in [1.29, 1.82) is 0 Å². The van der Waals surface area contributed by atoms with Gasteiger partial charge in [-0.25, -0.2) is 9.10 Å². The van der Waals surface area contributed by atoms with Crippen molar-refractivity contribution < 1.29 is 28.7 Å². The van der Waals surface area contributed by atoms with Gasteiger partial charge in [0.25, 0.3) is 5.91 Å². The lowest BCUT2D eigenvalue weighted by atomic mass is 9.97. The zero-order chi connectivity index (χ0) is 35.0. The molecule has 5 heterocycles. The lowest BCUT2D eigenvalue weighted by Gasteiger charge is -2.47. The zero-order valence-electron chi connectivity index (χ0n) is 29.2. The van der Waals surface area contributed by atoms with Crippen LogP contribution in [0.15, 0.2) is 47.4 Å². The molecule has 0 aliphatic carbocycles. The van der Waals surface area contributed by atoms with E-state index in [4.69, 9.17) is 9.47 Å². The number of carbonyl (C=O) groups excluding carboxylic acids is 4. The highest BCUT2D eigenvalue weighted by molar-refractivity contribution is 7.97. The average molecular weight is 705 g/mol. The quantitative estimate of drug-likeness (QED) is 0.306. The maximum atomic E-state index is 13.1. The normalized spacial score (nSPS) is 23.0. The van der Waals surface area contributed by atoms with E-state index in [0.29, 0.717) is 24.6 Å². The molecule has 2 aromatic carbocycles. The molecule has 1 atom stereocenters. The number of anilines is 1. The summed E-state index contributed by atoms with van der Waals surface area (Å²) in [6.45, 7) is 11.6. The number of nitrogens with one attached hydrogen (secondary N) is 2. The minimum absolute atomic E-state index is 0.133. The number of alkyl carbamates (subject to hydrolysis) is 1. The lowest BCUT2D eigenvalue weighted by Crippen LogP contribution is -2.59. The molecule has 0 spiro atoms.